The molecule has 2 fully saturated rings. The summed E-state index contributed by atoms with van der Waals surface area (Å²) in [6.07, 6.45) is 8.30. The fourth-order valence-corrected chi connectivity index (χ4v) is 2.59. The van der Waals surface area contributed by atoms with E-state index in [1.807, 2.05) is 7.05 Å². The van der Waals surface area contributed by atoms with Crippen molar-refractivity contribution in [3.05, 3.63) is 0 Å². The quantitative estimate of drug-likeness (QED) is 0.405. The zero-order valence-electron chi connectivity index (χ0n) is 11.3. The Morgan fingerprint density at radius 2 is 1.82 bits per heavy atom. The second kappa shape index (κ2) is 6.27. The summed E-state index contributed by atoms with van der Waals surface area (Å²) in [5.74, 6) is 3.94. The number of nitrogens with zero attached hydrogens (tertiary/aromatic N) is 1. The first-order valence-corrected chi connectivity index (χ1v) is 7.29. The van der Waals surface area contributed by atoms with Gasteiger partial charge in [0, 0.05) is 20.1 Å². The molecule has 2 rings (SSSR count). The van der Waals surface area contributed by atoms with E-state index in [-0.39, 0.29) is 0 Å². The highest BCUT2D eigenvalue weighted by Crippen LogP contribution is 2.48. The van der Waals surface area contributed by atoms with Crippen LogP contribution >= 0.6 is 0 Å². The first kappa shape index (κ1) is 12.7. The number of hydrogen-bond acceptors (Lipinski definition) is 1. The highest BCUT2D eigenvalue weighted by atomic mass is 15.2. The van der Waals surface area contributed by atoms with Gasteiger partial charge >= 0.3 is 0 Å². The molecule has 2 aliphatic carbocycles. The maximum atomic E-state index is 4.29. The third-order valence-corrected chi connectivity index (χ3v) is 4.01. The van der Waals surface area contributed by atoms with Gasteiger partial charge < -0.3 is 10.6 Å². The molecule has 17 heavy (non-hydrogen) atoms. The van der Waals surface area contributed by atoms with E-state index in [0.717, 1.165) is 36.8 Å². The maximum Gasteiger partial charge on any atom is 0.190 e. The molecule has 2 aliphatic rings. The molecule has 0 atom stereocenters. The van der Waals surface area contributed by atoms with E-state index in [2.05, 4.69) is 22.5 Å². The summed E-state index contributed by atoms with van der Waals surface area (Å²) in [6, 6.07) is 0. The molecule has 0 heterocycles. The van der Waals surface area contributed by atoms with Gasteiger partial charge in [0.1, 0.15) is 0 Å². The molecule has 0 radical (unpaired) electrons. The van der Waals surface area contributed by atoms with E-state index in [4.69, 9.17) is 0 Å². The van der Waals surface area contributed by atoms with Crippen molar-refractivity contribution in [1.82, 2.24) is 10.6 Å². The van der Waals surface area contributed by atoms with Crippen LogP contribution in [0.25, 0.3) is 0 Å². The van der Waals surface area contributed by atoms with Crippen LogP contribution in [-0.2, 0) is 0 Å². The van der Waals surface area contributed by atoms with Crippen molar-refractivity contribution < 1.29 is 0 Å². The average molecular weight is 237 g/mol. The van der Waals surface area contributed by atoms with Gasteiger partial charge in [0.15, 0.2) is 5.96 Å². The molecule has 0 saturated heterocycles. The van der Waals surface area contributed by atoms with Gasteiger partial charge in [-0.2, -0.15) is 0 Å². The minimum Gasteiger partial charge on any atom is -0.356 e. The Balaban J connectivity index is 1.67. The lowest BCUT2D eigenvalue weighted by atomic mass is 9.98. The smallest absolute Gasteiger partial charge is 0.190 e. The molecule has 2 N–H and O–H groups in total. The number of guanidine groups is 1. The summed E-state index contributed by atoms with van der Waals surface area (Å²) in [5, 5.41) is 6.89. The van der Waals surface area contributed by atoms with Gasteiger partial charge in [-0.15, -0.1) is 0 Å². The van der Waals surface area contributed by atoms with Gasteiger partial charge in [-0.1, -0.05) is 13.3 Å². The summed E-state index contributed by atoms with van der Waals surface area (Å²) in [5.41, 5.74) is 0. The van der Waals surface area contributed by atoms with Crippen LogP contribution in [0.5, 0.6) is 0 Å². The molecular weight excluding hydrogens is 210 g/mol. The van der Waals surface area contributed by atoms with Crippen molar-refractivity contribution in [3.8, 4) is 0 Å². The Hall–Kier alpha value is -0.730. The van der Waals surface area contributed by atoms with Crippen LogP contribution < -0.4 is 10.6 Å². The molecule has 0 unspecified atom stereocenters. The molecule has 0 amide bonds. The largest absolute Gasteiger partial charge is 0.356 e. The molecule has 0 aromatic rings. The molecule has 3 heteroatoms. The van der Waals surface area contributed by atoms with Crippen LogP contribution in [-0.4, -0.2) is 26.1 Å². The van der Waals surface area contributed by atoms with Gasteiger partial charge in [0.2, 0.25) is 0 Å². The Morgan fingerprint density at radius 1 is 1.18 bits per heavy atom. The van der Waals surface area contributed by atoms with Crippen molar-refractivity contribution in [2.75, 3.05) is 20.1 Å². The Labute approximate surface area is 105 Å². The minimum atomic E-state index is 0.916. The molecule has 2 saturated carbocycles. The third kappa shape index (κ3) is 4.21. The molecule has 0 aromatic heterocycles. The van der Waals surface area contributed by atoms with Crippen LogP contribution in [0.4, 0.5) is 0 Å². The fraction of sp³-hybridized carbons (Fsp3) is 0.929. The van der Waals surface area contributed by atoms with Crippen molar-refractivity contribution >= 4 is 5.96 Å². The zero-order chi connectivity index (χ0) is 12.1. The molecule has 0 aromatic carbocycles. The summed E-state index contributed by atoms with van der Waals surface area (Å²) in [4.78, 5) is 4.29. The van der Waals surface area contributed by atoms with E-state index in [0.29, 0.717) is 0 Å². The van der Waals surface area contributed by atoms with Crippen LogP contribution in [0.3, 0.4) is 0 Å². The number of unbranched alkanes of at least 4 members (excludes halogenated alkanes) is 1. The standard InChI is InChI=1S/C14H27N3/c1-3-4-9-16-14(15-2)17-10-13(11-5-6-11)12-7-8-12/h11-13H,3-10H2,1-2H3,(H2,15,16,17). The van der Waals surface area contributed by atoms with Crippen LogP contribution in [0.2, 0.25) is 0 Å². The minimum absolute atomic E-state index is 0.916. The van der Waals surface area contributed by atoms with Gasteiger partial charge in [-0.05, 0) is 49.9 Å². The number of aliphatic imine (C=N–C) groups is 1. The van der Waals surface area contributed by atoms with E-state index < -0.39 is 0 Å². The number of rotatable bonds is 7. The number of hydrogen-bond donors (Lipinski definition) is 2. The van der Waals surface area contributed by atoms with Crippen molar-refractivity contribution in [1.29, 1.82) is 0 Å². The molecule has 0 spiro atoms. The van der Waals surface area contributed by atoms with Crippen molar-refractivity contribution in [2.24, 2.45) is 22.7 Å². The van der Waals surface area contributed by atoms with E-state index >= 15 is 0 Å². The van der Waals surface area contributed by atoms with Crippen LogP contribution in [0.15, 0.2) is 4.99 Å². The lowest BCUT2D eigenvalue weighted by molar-refractivity contribution is 0.400. The van der Waals surface area contributed by atoms with Crippen molar-refractivity contribution in [2.45, 2.75) is 45.4 Å². The Bertz CT molecular complexity index is 242. The molecule has 3 nitrogen and oxygen atoms in total. The predicted octanol–water partition coefficient (Wildman–Crippen LogP) is 2.39. The maximum absolute atomic E-state index is 4.29. The van der Waals surface area contributed by atoms with E-state index in [1.165, 1.54) is 38.5 Å². The van der Waals surface area contributed by atoms with E-state index in [1.54, 1.807) is 0 Å². The van der Waals surface area contributed by atoms with Crippen LogP contribution in [0, 0.1) is 17.8 Å². The predicted molar refractivity (Wildman–Crippen MR) is 73.2 cm³/mol. The van der Waals surface area contributed by atoms with Crippen molar-refractivity contribution in [3.63, 3.8) is 0 Å². The zero-order valence-corrected chi connectivity index (χ0v) is 11.3. The molecule has 98 valence electrons. The first-order chi connectivity index (χ1) is 8.35. The lowest BCUT2D eigenvalue weighted by Gasteiger charge is -2.18. The topological polar surface area (TPSA) is 36.4 Å². The first-order valence-electron chi connectivity index (χ1n) is 7.29. The highest BCUT2D eigenvalue weighted by Gasteiger charge is 2.41. The van der Waals surface area contributed by atoms with Gasteiger partial charge in [-0.25, -0.2) is 0 Å². The molecule has 0 bridgehead atoms. The van der Waals surface area contributed by atoms with Gasteiger partial charge in [-0.3, -0.25) is 4.99 Å². The van der Waals surface area contributed by atoms with Crippen LogP contribution in [0.1, 0.15) is 45.4 Å². The summed E-state index contributed by atoms with van der Waals surface area (Å²) < 4.78 is 0. The average Bonchev–Trinajstić information content (AvgIpc) is 3.19. The van der Waals surface area contributed by atoms with E-state index in [9.17, 15) is 0 Å². The van der Waals surface area contributed by atoms with Gasteiger partial charge in [0.05, 0.1) is 0 Å². The van der Waals surface area contributed by atoms with Gasteiger partial charge in [0.25, 0.3) is 0 Å². The monoisotopic (exact) mass is 237 g/mol. The second-order valence-corrected chi connectivity index (χ2v) is 5.57. The third-order valence-electron chi connectivity index (χ3n) is 4.01. The summed E-state index contributed by atoms with van der Waals surface area (Å²) >= 11 is 0. The second-order valence-electron chi connectivity index (χ2n) is 5.57. The fourth-order valence-electron chi connectivity index (χ4n) is 2.59. The lowest BCUT2D eigenvalue weighted by Crippen LogP contribution is -2.40. The summed E-state index contributed by atoms with van der Waals surface area (Å²) in [7, 11) is 1.87. The normalized spacial score (nSPS) is 20.8. The highest BCUT2D eigenvalue weighted by molar-refractivity contribution is 5.79. The molecular formula is C14H27N3. The molecule has 0 aliphatic heterocycles. The Kier molecular flexibility index (Phi) is 4.69. The summed E-state index contributed by atoms with van der Waals surface area (Å²) in [6.45, 7) is 4.38. The SMILES string of the molecule is CCCCNC(=NC)NCC(C1CC1)C1CC1. The Morgan fingerprint density at radius 3 is 2.29 bits per heavy atom. The number of nitrogens with one attached hydrogen (secondary N) is 2.